The van der Waals surface area contributed by atoms with E-state index in [9.17, 15) is 9.90 Å². The third-order valence-corrected chi connectivity index (χ3v) is 3.71. The van der Waals surface area contributed by atoms with Crippen molar-refractivity contribution < 1.29 is 24.1 Å². The van der Waals surface area contributed by atoms with Gasteiger partial charge in [-0.2, -0.15) is 0 Å². The summed E-state index contributed by atoms with van der Waals surface area (Å²) >= 11 is 0. The van der Waals surface area contributed by atoms with Gasteiger partial charge in [-0.1, -0.05) is 13.8 Å². The molecule has 0 bridgehead atoms. The molecular weight excluding hydrogens is 286 g/mol. The zero-order chi connectivity index (χ0) is 16.3. The quantitative estimate of drug-likeness (QED) is 0.839. The molecule has 3 atom stereocenters. The Morgan fingerprint density at radius 1 is 1.36 bits per heavy atom. The van der Waals surface area contributed by atoms with E-state index in [1.165, 1.54) is 0 Å². The molecule has 0 aliphatic carbocycles. The van der Waals surface area contributed by atoms with Gasteiger partial charge in [0.05, 0.1) is 14.2 Å². The highest BCUT2D eigenvalue weighted by molar-refractivity contribution is 5.73. The third kappa shape index (κ3) is 3.51. The van der Waals surface area contributed by atoms with Crippen LogP contribution in [0.1, 0.15) is 32.1 Å². The van der Waals surface area contributed by atoms with E-state index in [1.54, 1.807) is 26.4 Å². The first-order chi connectivity index (χ1) is 10.5. The Balaban J connectivity index is 2.24. The number of carboxylic acids is 1. The minimum atomic E-state index is -0.951. The van der Waals surface area contributed by atoms with Crippen LogP contribution in [0, 0.1) is 5.92 Å². The van der Waals surface area contributed by atoms with Crippen molar-refractivity contribution >= 4 is 5.97 Å². The highest BCUT2D eigenvalue weighted by Gasteiger charge is 2.41. The van der Waals surface area contributed by atoms with Crippen molar-refractivity contribution in [3.8, 4) is 11.5 Å². The van der Waals surface area contributed by atoms with Gasteiger partial charge in [-0.25, -0.2) is 4.79 Å². The topological polar surface area (TPSA) is 77.0 Å². The van der Waals surface area contributed by atoms with Crippen molar-refractivity contribution in [1.29, 1.82) is 0 Å². The molecule has 1 saturated heterocycles. The number of carbonyl (C=O) groups is 1. The number of aliphatic carboxylic acids is 1. The number of hydrogen-bond acceptors (Lipinski definition) is 5. The van der Waals surface area contributed by atoms with Gasteiger partial charge >= 0.3 is 5.97 Å². The van der Waals surface area contributed by atoms with Gasteiger partial charge in [-0.15, -0.1) is 0 Å². The van der Waals surface area contributed by atoms with E-state index in [0.29, 0.717) is 17.4 Å². The van der Waals surface area contributed by atoms with Gasteiger partial charge in [0.1, 0.15) is 17.7 Å². The summed E-state index contributed by atoms with van der Waals surface area (Å²) < 4.78 is 16.2. The van der Waals surface area contributed by atoms with Crippen molar-refractivity contribution in [1.82, 2.24) is 5.32 Å². The molecule has 1 aromatic carbocycles. The number of hydrogen-bond donors (Lipinski definition) is 2. The molecule has 1 aliphatic heterocycles. The maximum absolute atomic E-state index is 11.4. The molecular formula is C16H23NO5. The summed E-state index contributed by atoms with van der Waals surface area (Å²) in [6, 6.07) is 5.15. The van der Waals surface area contributed by atoms with Crippen molar-refractivity contribution in [3.63, 3.8) is 0 Å². The van der Waals surface area contributed by atoms with Crippen molar-refractivity contribution in [2.24, 2.45) is 5.92 Å². The average Bonchev–Trinajstić information content (AvgIpc) is 2.89. The molecule has 1 heterocycles. The summed E-state index contributed by atoms with van der Waals surface area (Å²) in [5.41, 5.74) is 0.765. The molecule has 1 aromatic rings. The second kappa shape index (κ2) is 6.98. The lowest BCUT2D eigenvalue weighted by atomic mass is 10.00. The Morgan fingerprint density at radius 2 is 2.09 bits per heavy atom. The van der Waals surface area contributed by atoms with Crippen LogP contribution in [0.2, 0.25) is 0 Å². The van der Waals surface area contributed by atoms with Gasteiger partial charge in [0, 0.05) is 17.7 Å². The van der Waals surface area contributed by atoms with Crippen LogP contribution in [0.25, 0.3) is 0 Å². The van der Waals surface area contributed by atoms with Gasteiger partial charge in [-0.3, -0.25) is 5.32 Å². The second-order valence-corrected chi connectivity index (χ2v) is 5.79. The minimum Gasteiger partial charge on any atom is -0.497 e. The molecule has 1 fully saturated rings. The van der Waals surface area contributed by atoms with Gasteiger partial charge < -0.3 is 19.3 Å². The van der Waals surface area contributed by atoms with E-state index < -0.39 is 18.3 Å². The van der Waals surface area contributed by atoms with Gasteiger partial charge in [0.25, 0.3) is 0 Å². The Labute approximate surface area is 130 Å². The average molecular weight is 309 g/mol. The van der Waals surface area contributed by atoms with Gasteiger partial charge in [-0.05, 0) is 24.5 Å². The summed E-state index contributed by atoms with van der Waals surface area (Å²) in [6.07, 6.45) is -0.642. The number of ether oxygens (including phenoxy) is 3. The number of rotatable bonds is 6. The van der Waals surface area contributed by atoms with E-state index in [-0.39, 0.29) is 6.04 Å². The van der Waals surface area contributed by atoms with Crippen molar-refractivity contribution in [2.75, 3.05) is 14.2 Å². The maximum atomic E-state index is 11.4. The molecule has 2 N–H and O–H groups in total. The smallest absolute Gasteiger partial charge is 0.334 e. The lowest BCUT2D eigenvalue weighted by Gasteiger charge is -2.17. The monoisotopic (exact) mass is 309 g/mol. The van der Waals surface area contributed by atoms with Crippen LogP contribution in [-0.2, 0) is 9.53 Å². The van der Waals surface area contributed by atoms with E-state index in [1.807, 2.05) is 6.07 Å². The lowest BCUT2D eigenvalue weighted by molar-refractivity contribution is -0.150. The fourth-order valence-electron chi connectivity index (χ4n) is 2.69. The highest BCUT2D eigenvalue weighted by Crippen LogP contribution is 2.35. The van der Waals surface area contributed by atoms with Crippen LogP contribution in [-0.4, -0.2) is 37.4 Å². The Kier molecular flexibility index (Phi) is 5.26. The van der Waals surface area contributed by atoms with Gasteiger partial charge in [0.2, 0.25) is 0 Å². The lowest BCUT2D eigenvalue weighted by Crippen LogP contribution is -2.37. The maximum Gasteiger partial charge on any atom is 0.334 e. The molecule has 3 unspecified atom stereocenters. The first-order valence-electron chi connectivity index (χ1n) is 7.32. The molecule has 0 aromatic heterocycles. The second-order valence-electron chi connectivity index (χ2n) is 5.79. The largest absolute Gasteiger partial charge is 0.497 e. The predicted octanol–water partition coefficient (Wildman–Crippen LogP) is 2.19. The van der Waals surface area contributed by atoms with Crippen molar-refractivity contribution in [2.45, 2.75) is 38.6 Å². The van der Waals surface area contributed by atoms with Crippen LogP contribution in [0.15, 0.2) is 18.2 Å². The summed E-state index contributed by atoms with van der Waals surface area (Å²) in [6.45, 7) is 4.11. The van der Waals surface area contributed by atoms with E-state index in [4.69, 9.17) is 14.2 Å². The minimum absolute atomic E-state index is 0.227. The molecule has 6 heteroatoms. The molecule has 0 radical (unpaired) electrons. The number of carboxylic acid groups (broad SMARTS) is 1. The SMILES string of the molecule is COc1ccc(C2NC(CC(C)C)C(C(=O)O)O2)c(OC)c1. The first kappa shape index (κ1) is 16.6. The fourth-order valence-corrected chi connectivity index (χ4v) is 2.69. The summed E-state index contributed by atoms with van der Waals surface area (Å²) in [7, 11) is 3.14. The number of methoxy groups -OCH3 is 2. The molecule has 0 amide bonds. The molecule has 1 aliphatic rings. The van der Waals surface area contributed by atoms with Crippen LogP contribution in [0.3, 0.4) is 0 Å². The number of nitrogens with one attached hydrogen (secondary N) is 1. The van der Waals surface area contributed by atoms with E-state index in [0.717, 1.165) is 12.0 Å². The van der Waals surface area contributed by atoms with Gasteiger partial charge in [0.15, 0.2) is 6.10 Å². The Bertz CT molecular complexity index is 531. The van der Waals surface area contributed by atoms with Crippen LogP contribution in [0.5, 0.6) is 11.5 Å². The Hall–Kier alpha value is -1.79. The van der Waals surface area contributed by atoms with E-state index >= 15 is 0 Å². The summed E-state index contributed by atoms with van der Waals surface area (Å²) in [4.78, 5) is 11.4. The molecule has 22 heavy (non-hydrogen) atoms. The van der Waals surface area contributed by atoms with Crippen LogP contribution >= 0.6 is 0 Å². The molecule has 0 spiro atoms. The molecule has 2 rings (SSSR count). The standard InChI is InChI=1S/C16H23NO5/c1-9(2)7-12-14(16(18)19)22-15(17-12)11-6-5-10(20-3)8-13(11)21-4/h5-6,8-9,12,14-15,17H,7H2,1-4H3,(H,18,19). The van der Waals surface area contributed by atoms with E-state index in [2.05, 4.69) is 19.2 Å². The highest BCUT2D eigenvalue weighted by atomic mass is 16.5. The summed E-state index contributed by atoms with van der Waals surface area (Å²) in [5, 5.41) is 12.6. The van der Waals surface area contributed by atoms with Crippen molar-refractivity contribution in [3.05, 3.63) is 23.8 Å². The third-order valence-electron chi connectivity index (χ3n) is 3.71. The zero-order valence-electron chi connectivity index (χ0n) is 13.3. The zero-order valence-corrected chi connectivity index (χ0v) is 13.3. The molecule has 0 saturated carbocycles. The van der Waals surface area contributed by atoms with Crippen LogP contribution in [0.4, 0.5) is 0 Å². The summed E-state index contributed by atoms with van der Waals surface area (Å²) in [5.74, 6) is 0.700. The molecule has 122 valence electrons. The Morgan fingerprint density at radius 3 is 2.64 bits per heavy atom. The number of benzene rings is 1. The fraction of sp³-hybridized carbons (Fsp3) is 0.562. The first-order valence-corrected chi connectivity index (χ1v) is 7.32. The molecule has 6 nitrogen and oxygen atoms in total. The normalized spacial score (nSPS) is 24.5. The van der Waals surface area contributed by atoms with Crippen LogP contribution < -0.4 is 14.8 Å². The predicted molar refractivity (Wildman–Crippen MR) is 81.2 cm³/mol.